The molecule has 0 aliphatic heterocycles. The zero-order chi connectivity index (χ0) is 14.1. The second kappa shape index (κ2) is 4.92. The number of aromatic nitrogens is 1. The van der Waals surface area contributed by atoms with E-state index in [1.165, 1.54) is 0 Å². The molecular formula is C15H14N2O3. The molecule has 5 heteroatoms. The number of carboxylic acids is 1. The van der Waals surface area contributed by atoms with Gasteiger partial charge in [-0.05, 0) is 30.9 Å². The number of hydrogen-bond acceptors (Lipinski definition) is 3. The summed E-state index contributed by atoms with van der Waals surface area (Å²) in [6.07, 6.45) is 2.68. The fourth-order valence-electron chi connectivity index (χ4n) is 2.71. The number of carbonyl (C=O) groups excluding carboxylic acids is 1. The predicted octanol–water partition coefficient (Wildman–Crippen LogP) is 1.54. The first kappa shape index (κ1) is 12.6. The van der Waals surface area contributed by atoms with E-state index in [2.05, 4.69) is 10.3 Å². The number of hydrogen-bond donors (Lipinski definition) is 2. The molecule has 0 saturated heterocycles. The number of aliphatic carboxylic acids is 1. The molecule has 0 unspecified atom stereocenters. The molecule has 20 heavy (non-hydrogen) atoms. The van der Waals surface area contributed by atoms with E-state index < -0.39 is 5.97 Å². The van der Waals surface area contributed by atoms with Gasteiger partial charge in [0.2, 0.25) is 0 Å². The Labute approximate surface area is 115 Å². The van der Waals surface area contributed by atoms with E-state index in [0.717, 1.165) is 41.4 Å². The number of aryl methyl sites for hydroxylation is 1. The van der Waals surface area contributed by atoms with Crippen LogP contribution in [-0.2, 0) is 17.6 Å². The Kier molecular flexibility index (Phi) is 3.10. The third-order valence-electron chi connectivity index (χ3n) is 3.55. The Balaban J connectivity index is 2.12. The topological polar surface area (TPSA) is 79.3 Å². The average Bonchev–Trinajstić information content (AvgIpc) is 2.89. The first-order valence-electron chi connectivity index (χ1n) is 6.57. The number of fused-ring (bicyclic) bond motifs is 2. The van der Waals surface area contributed by atoms with E-state index in [4.69, 9.17) is 5.11 Å². The smallest absolute Gasteiger partial charge is 0.322 e. The van der Waals surface area contributed by atoms with Crippen molar-refractivity contribution < 1.29 is 14.7 Å². The highest BCUT2D eigenvalue weighted by molar-refractivity contribution is 6.08. The quantitative estimate of drug-likeness (QED) is 0.886. The van der Waals surface area contributed by atoms with Crippen LogP contribution in [0.3, 0.4) is 0 Å². The number of carbonyl (C=O) groups is 2. The predicted molar refractivity (Wildman–Crippen MR) is 73.7 cm³/mol. The van der Waals surface area contributed by atoms with Crippen LogP contribution in [0.2, 0.25) is 0 Å². The van der Waals surface area contributed by atoms with Crippen molar-refractivity contribution in [3.63, 3.8) is 0 Å². The van der Waals surface area contributed by atoms with Crippen molar-refractivity contribution in [1.82, 2.24) is 10.3 Å². The van der Waals surface area contributed by atoms with Crippen LogP contribution in [0.1, 0.15) is 28.0 Å². The van der Waals surface area contributed by atoms with Gasteiger partial charge in [0.1, 0.15) is 6.54 Å². The zero-order valence-electron chi connectivity index (χ0n) is 10.8. The SMILES string of the molecule is O=C(O)CNC(=O)c1c2c(nc3ccccc13)CCC2. The number of para-hydroxylation sites is 1. The van der Waals surface area contributed by atoms with Gasteiger partial charge < -0.3 is 10.4 Å². The summed E-state index contributed by atoms with van der Waals surface area (Å²) in [5, 5.41) is 11.9. The fraction of sp³-hybridized carbons (Fsp3) is 0.267. The molecule has 0 spiro atoms. The maximum absolute atomic E-state index is 12.3. The molecule has 0 atom stereocenters. The molecule has 1 aliphatic carbocycles. The molecule has 0 bridgehead atoms. The number of nitrogens with zero attached hydrogens (tertiary/aromatic N) is 1. The highest BCUT2D eigenvalue weighted by Gasteiger charge is 2.23. The molecule has 2 aromatic rings. The zero-order valence-corrected chi connectivity index (χ0v) is 10.8. The van der Waals surface area contributed by atoms with E-state index in [0.29, 0.717) is 5.56 Å². The molecule has 1 aromatic carbocycles. The summed E-state index contributed by atoms with van der Waals surface area (Å²) in [7, 11) is 0. The van der Waals surface area contributed by atoms with Crippen molar-refractivity contribution in [3.8, 4) is 0 Å². The Morgan fingerprint density at radius 2 is 2.05 bits per heavy atom. The van der Waals surface area contributed by atoms with Gasteiger partial charge in [0.05, 0.1) is 11.1 Å². The van der Waals surface area contributed by atoms with Crippen LogP contribution in [-0.4, -0.2) is 28.5 Å². The van der Waals surface area contributed by atoms with Gasteiger partial charge in [0, 0.05) is 11.1 Å². The third kappa shape index (κ3) is 2.11. The fourth-order valence-corrected chi connectivity index (χ4v) is 2.71. The van der Waals surface area contributed by atoms with Crippen molar-refractivity contribution in [2.24, 2.45) is 0 Å². The summed E-state index contributed by atoms with van der Waals surface area (Å²) in [6.45, 7) is -0.371. The molecule has 3 rings (SSSR count). The molecule has 0 saturated carbocycles. The number of rotatable bonds is 3. The largest absolute Gasteiger partial charge is 0.480 e. The standard InChI is InChI=1S/C15H14N2O3/c18-13(19)8-16-15(20)14-9-4-1-2-6-11(9)17-12-7-3-5-10(12)14/h1-2,4,6H,3,5,7-8H2,(H,16,20)(H,18,19). The number of pyridine rings is 1. The van der Waals surface area contributed by atoms with E-state index in [1.807, 2.05) is 24.3 Å². The van der Waals surface area contributed by atoms with E-state index in [9.17, 15) is 9.59 Å². The van der Waals surface area contributed by atoms with Crippen molar-refractivity contribution in [3.05, 3.63) is 41.1 Å². The first-order valence-corrected chi connectivity index (χ1v) is 6.57. The van der Waals surface area contributed by atoms with Crippen molar-refractivity contribution in [2.45, 2.75) is 19.3 Å². The summed E-state index contributed by atoms with van der Waals surface area (Å²) in [6, 6.07) is 7.48. The molecule has 1 amide bonds. The van der Waals surface area contributed by atoms with E-state index >= 15 is 0 Å². The summed E-state index contributed by atoms with van der Waals surface area (Å²) in [5.74, 6) is -1.38. The van der Waals surface area contributed by atoms with Crippen molar-refractivity contribution >= 4 is 22.8 Å². The summed E-state index contributed by atoms with van der Waals surface area (Å²) in [4.78, 5) is 27.5. The molecular weight excluding hydrogens is 256 g/mol. The van der Waals surface area contributed by atoms with Crippen LogP contribution >= 0.6 is 0 Å². The minimum atomic E-state index is -1.05. The second-order valence-electron chi connectivity index (χ2n) is 4.86. The molecule has 0 radical (unpaired) electrons. The van der Waals surface area contributed by atoms with Crippen LogP contribution in [0, 0.1) is 0 Å². The number of benzene rings is 1. The minimum Gasteiger partial charge on any atom is -0.480 e. The number of carboxylic acid groups (broad SMARTS) is 1. The van der Waals surface area contributed by atoms with Crippen LogP contribution in [0.25, 0.3) is 10.9 Å². The van der Waals surface area contributed by atoms with Crippen molar-refractivity contribution in [1.29, 1.82) is 0 Å². The van der Waals surface area contributed by atoms with Gasteiger partial charge in [-0.1, -0.05) is 18.2 Å². The van der Waals surface area contributed by atoms with Gasteiger partial charge in [-0.15, -0.1) is 0 Å². The molecule has 0 fully saturated rings. The minimum absolute atomic E-state index is 0.329. The first-order chi connectivity index (χ1) is 9.66. The maximum Gasteiger partial charge on any atom is 0.322 e. The monoisotopic (exact) mass is 270 g/mol. The summed E-state index contributed by atoms with van der Waals surface area (Å²) < 4.78 is 0. The molecule has 1 aromatic heterocycles. The lowest BCUT2D eigenvalue weighted by Gasteiger charge is -2.11. The van der Waals surface area contributed by atoms with Gasteiger partial charge in [0.15, 0.2) is 0 Å². The third-order valence-corrected chi connectivity index (χ3v) is 3.55. The summed E-state index contributed by atoms with van der Waals surface area (Å²) in [5.41, 5.74) is 3.30. The van der Waals surface area contributed by atoms with E-state index in [-0.39, 0.29) is 12.5 Å². The molecule has 1 aliphatic rings. The highest BCUT2D eigenvalue weighted by Crippen LogP contribution is 2.29. The number of nitrogens with one attached hydrogen (secondary N) is 1. The van der Waals surface area contributed by atoms with Gasteiger partial charge in [-0.2, -0.15) is 0 Å². The Morgan fingerprint density at radius 3 is 2.85 bits per heavy atom. The van der Waals surface area contributed by atoms with Gasteiger partial charge in [0.25, 0.3) is 5.91 Å². The van der Waals surface area contributed by atoms with Crippen LogP contribution in [0.4, 0.5) is 0 Å². The average molecular weight is 270 g/mol. The second-order valence-corrected chi connectivity index (χ2v) is 4.86. The van der Waals surface area contributed by atoms with Crippen LogP contribution in [0.5, 0.6) is 0 Å². The Hall–Kier alpha value is -2.43. The van der Waals surface area contributed by atoms with Gasteiger partial charge in [-0.3, -0.25) is 14.6 Å². The lowest BCUT2D eigenvalue weighted by atomic mass is 10.0. The van der Waals surface area contributed by atoms with E-state index in [1.54, 1.807) is 0 Å². The Morgan fingerprint density at radius 1 is 1.25 bits per heavy atom. The van der Waals surface area contributed by atoms with Crippen molar-refractivity contribution in [2.75, 3.05) is 6.54 Å². The normalized spacial score (nSPS) is 13.2. The highest BCUT2D eigenvalue weighted by atomic mass is 16.4. The maximum atomic E-state index is 12.3. The number of amides is 1. The lowest BCUT2D eigenvalue weighted by molar-refractivity contribution is -0.135. The molecule has 102 valence electrons. The summed E-state index contributed by atoms with van der Waals surface area (Å²) >= 11 is 0. The molecule has 2 N–H and O–H groups in total. The van der Waals surface area contributed by atoms with Gasteiger partial charge >= 0.3 is 5.97 Å². The molecule has 1 heterocycles. The molecule has 5 nitrogen and oxygen atoms in total. The lowest BCUT2D eigenvalue weighted by Crippen LogP contribution is -2.30. The van der Waals surface area contributed by atoms with Gasteiger partial charge in [-0.25, -0.2) is 0 Å². The van der Waals surface area contributed by atoms with Crippen LogP contribution < -0.4 is 5.32 Å². The Bertz CT molecular complexity index is 710. The van der Waals surface area contributed by atoms with Crippen LogP contribution in [0.15, 0.2) is 24.3 Å².